The first-order valence-electron chi connectivity index (χ1n) is 9.96. The van der Waals surface area contributed by atoms with Gasteiger partial charge in [0.2, 0.25) is 10.0 Å². The van der Waals surface area contributed by atoms with Crippen molar-refractivity contribution >= 4 is 50.1 Å². The number of carbonyl (C=O) groups is 2. The molecule has 1 saturated heterocycles. The lowest BCUT2D eigenvalue weighted by molar-refractivity contribution is -0.119. The molecule has 0 radical (unpaired) electrons. The molecule has 1 amide bonds. The van der Waals surface area contributed by atoms with Gasteiger partial charge in [0.25, 0.3) is 5.91 Å². The molecule has 166 valence electrons. The quantitative estimate of drug-likeness (QED) is 0.434. The van der Waals surface area contributed by atoms with Crippen molar-refractivity contribution < 1.29 is 22.7 Å². The third-order valence-electron chi connectivity index (χ3n) is 5.05. The van der Waals surface area contributed by atoms with Gasteiger partial charge in [-0.05, 0) is 61.4 Å². The van der Waals surface area contributed by atoms with Crippen molar-refractivity contribution in [1.29, 1.82) is 0 Å². The first kappa shape index (κ1) is 22.2. The minimum absolute atomic E-state index is 0.110. The third-order valence-corrected chi connectivity index (χ3v) is 7.15. The molecule has 0 spiro atoms. The first-order chi connectivity index (χ1) is 15.3. The number of esters is 1. The average Bonchev–Trinajstić information content (AvgIpc) is 3.33. The number of hydrogen-bond acceptors (Lipinski definition) is 6. The number of carbonyl (C=O) groups excluding carboxylic acids is 2. The number of amides is 1. The molecule has 0 unspecified atom stereocenters. The molecule has 0 saturated carbocycles. The van der Waals surface area contributed by atoms with E-state index in [1.165, 1.54) is 16.4 Å². The van der Waals surface area contributed by atoms with E-state index in [9.17, 15) is 18.0 Å². The highest BCUT2D eigenvalue weighted by Crippen LogP contribution is 2.23. The van der Waals surface area contributed by atoms with E-state index < -0.39 is 28.5 Å². The first-order valence-corrected chi connectivity index (χ1v) is 11.8. The normalized spacial score (nSPS) is 14.4. The van der Waals surface area contributed by atoms with Gasteiger partial charge in [0.1, 0.15) is 5.15 Å². The van der Waals surface area contributed by atoms with Crippen molar-refractivity contribution in [3.05, 3.63) is 65.3 Å². The van der Waals surface area contributed by atoms with Crippen LogP contribution in [0.4, 0.5) is 5.69 Å². The number of aromatic nitrogens is 1. The van der Waals surface area contributed by atoms with Gasteiger partial charge in [-0.3, -0.25) is 4.79 Å². The predicted octanol–water partition coefficient (Wildman–Crippen LogP) is 3.47. The Kier molecular flexibility index (Phi) is 6.40. The van der Waals surface area contributed by atoms with E-state index in [-0.39, 0.29) is 10.5 Å². The summed E-state index contributed by atoms with van der Waals surface area (Å²) in [4.78, 5) is 28.8. The number of rotatable bonds is 6. The summed E-state index contributed by atoms with van der Waals surface area (Å²) in [6, 6.07) is 14.2. The zero-order chi connectivity index (χ0) is 22.7. The number of benzene rings is 2. The van der Waals surface area contributed by atoms with Crippen molar-refractivity contribution in [2.75, 3.05) is 25.0 Å². The molecule has 0 aliphatic carbocycles. The second-order valence-electron chi connectivity index (χ2n) is 7.30. The number of nitrogens with one attached hydrogen (secondary N) is 1. The number of halogens is 1. The van der Waals surface area contributed by atoms with Gasteiger partial charge in [0, 0.05) is 24.2 Å². The molecule has 4 rings (SSSR count). The highest BCUT2D eigenvalue weighted by Gasteiger charge is 2.27. The number of pyridine rings is 1. The van der Waals surface area contributed by atoms with Crippen molar-refractivity contribution in [3.8, 4) is 0 Å². The molecule has 32 heavy (non-hydrogen) atoms. The fraction of sp³-hybridized carbons (Fsp3) is 0.227. The van der Waals surface area contributed by atoms with Gasteiger partial charge >= 0.3 is 5.97 Å². The van der Waals surface area contributed by atoms with Crippen LogP contribution in [0, 0.1) is 0 Å². The number of anilines is 1. The van der Waals surface area contributed by atoms with Crippen LogP contribution in [0.25, 0.3) is 10.9 Å². The van der Waals surface area contributed by atoms with Crippen LogP contribution in [0.5, 0.6) is 0 Å². The summed E-state index contributed by atoms with van der Waals surface area (Å²) in [5.74, 6) is -1.24. The standard InChI is InChI=1S/C22H20ClN3O5S/c23-20-9-7-15-12-16(6-8-19(15)25-20)22(28)31-14-21(27)24-17-4-3-5-18(13-17)32(29,30)26-10-1-2-11-26/h3-9,12-13H,1-2,10-11,14H2,(H,24,27). The fourth-order valence-corrected chi connectivity index (χ4v) is 5.17. The molecule has 1 aliphatic rings. The van der Waals surface area contributed by atoms with Crippen molar-refractivity contribution in [2.24, 2.45) is 0 Å². The lowest BCUT2D eigenvalue weighted by Gasteiger charge is -2.16. The minimum atomic E-state index is -3.60. The smallest absolute Gasteiger partial charge is 0.338 e. The Bertz CT molecular complexity index is 1290. The van der Waals surface area contributed by atoms with E-state index in [1.54, 1.807) is 42.5 Å². The highest BCUT2D eigenvalue weighted by atomic mass is 35.5. The van der Waals surface area contributed by atoms with E-state index in [0.29, 0.717) is 34.8 Å². The zero-order valence-corrected chi connectivity index (χ0v) is 18.5. The maximum absolute atomic E-state index is 12.7. The van der Waals surface area contributed by atoms with Gasteiger partial charge in [0.15, 0.2) is 6.61 Å². The Morgan fingerprint density at radius 3 is 2.62 bits per heavy atom. The molecule has 1 N–H and O–H groups in total. The summed E-state index contributed by atoms with van der Waals surface area (Å²) in [7, 11) is -3.60. The van der Waals surface area contributed by atoms with Crippen molar-refractivity contribution in [2.45, 2.75) is 17.7 Å². The predicted molar refractivity (Wildman–Crippen MR) is 120 cm³/mol. The van der Waals surface area contributed by atoms with Crippen LogP contribution in [0.3, 0.4) is 0 Å². The maximum Gasteiger partial charge on any atom is 0.338 e. The lowest BCUT2D eigenvalue weighted by Crippen LogP contribution is -2.28. The van der Waals surface area contributed by atoms with E-state index in [1.807, 2.05) is 0 Å². The topological polar surface area (TPSA) is 106 Å². The number of hydrogen-bond donors (Lipinski definition) is 1. The summed E-state index contributed by atoms with van der Waals surface area (Å²) < 4.78 is 31.9. The molecule has 8 nitrogen and oxygen atoms in total. The van der Waals surface area contributed by atoms with Crippen LogP contribution < -0.4 is 5.32 Å². The second-order valence-corrected chi connectivity index (χ2v) is 9.63. The summed E-state index contributed by atoms with van der Waals surface area (Å²) in [6.45, 7) is 0.471. The van der Waals surface area contributed by atoms with Gasteiger partial charge in [-0.1, -0.05) is 17.7 Å². The third kappa shape index (κ3) is 4.90. The van der Waals surface area contributed by atoms with E-state index in [4.69, 9.17) is 16.3 Å². The van der Waals surface area contributed by atoms with E-state index in [2.05, 4.69) is 10.3 Å². The summed E-state index contributed by atoms with van der Waals surface area (Å²) in [6.07, 6.45) is 1.67. The van der Waals surface area contributed by atoms with Crippen LogP contribution in [-0.4, -0.2) is 49.3 Å². The summed E-state index contributed by atoms with van der Waals surface area (Å²) in [5, 5.41) is 3.63. The van der Waals surface area contributed by atoms with Crippen LogP contribution in [0.15, 0.2) is 59.5 Å². The second kappa shape index (κ2) is 9.23. The van der Waals surface area contributed by atoms with E-state index >= 15 is 0 Å². The highest BCUT2D eigenvalue weighted by molar-refractivity contribution is 7.89. The Morgan fingerprint density at radius 1 is 1.06 bits per heavy atom. The minimum Gasteiger partial charge on any atom is -0.452 e. The molecule has 1 aliphatic heterocycles. The molecule has 0 atom stereocenters. The van der Waals surface area contributed by atoms with Gasteiger partial charge < -0.3 is 10.1 Å². The van der Waals surface area contributed by atoms with Crippen LogP contribution >= 0.6 is 11.6 Å². The summed E-state index contributed by atoms with van der Waals surface area (Å²) in [5.41, 5.74) is 1.21. The molecule has 1 fully saturated rings. The Morgan fingerprint density at radius 2 is 1.84 bits per heavy atom. The molecule has 0 bridgehead atoms. The molecule has 10 heteroatoms. The molecule has 3 aromatic rings. The van der Waals surface area contributed by atoms with E-state index in [0.717, 1.165) is 12.8 Å². The van der Waals surface area contributed by atoms with Crippen molar-refractivity contribution in [1.82, 2.24) is 9.29 Å². The van der Waals surface area contributed by atoms with Crippen LogP contribution in [0.1, 0.15) is 23.2 Å². The largest absolute Gasteiger partial charge is 0.452 e. The number of fused-ring (bicyclic) bond motifs is 1. The van der Waals surface area contributed by atoms with Crippen LogP contribution in [0.2, 0.25) is 5.15 Å². The molecule has 1 aromatic heterocycles. The average molecular weight is 474 g/mol. The molecule has 2 aromatic carbocycles. The van der Waals surface area contributed by atoms with Gasteiger partial charge in [0.05, 0.1) is 16.0 Å². The maximum atomic E-state index is 12.7. The fourth-order valence-electron chi connectivity index (χ4n) is 3.45. The number of ether oxygens (including phenoxy) is 1. The molecule has 2 heterocycles. The SMILES string of the molecule is O=C(COC(=O)c1ccc2nc(Cl)ccc2c1)Nc1cccc(S(=O)(=O)N2CCCC2)c1. The molecular formula is C22H20ClN3O5S. The Hall–Kier alpha value is -3.01. The van der Waals surface area contributed by atoms with Crippen molar-refractivity contribution in [3.63, 3.8) is 0 Å². The molecular weight excluding hydrogens is 454 g/mol. The zero-order valence-electron chi connectivity index (χ0n) is 17.0. The number of nitrogens with zero attached hydrogens (tertiary/aromatic N) is 2. The van der Waals surface area contributed by atoms with Gasteiger partial charge in [-0.15, -0.1) is 0 Å². The summed E-state index contributed by atoms with van der Waals surface area (Å²) >= 11 is 5.86. The number of sulfonamides is 1. The Balaban J connectivity index is 1.38. The van der Waals surface area contributed by atoms with Gasteiger partial charge in [-0.2, -0.15) is 4.31 Å². The van der Waals surface area contributed by atoms with Gasteiger partial charge in [-0.25, -0.2) is 18.2 Å². The monoisotopic (exact) mass is 473 g/mol. The lowest BCUT2D eigenvalue weighted by atomic mass is 10.1. The van der Waals surface area contributed by atoms with Crippen LogP contribution in [-0.2, 0) is 19.6 Å². The Labute approximate surface area is 190 Å².